The first-order valence-electron chi connectivity index (χ1n) is 6.16. The second-order valence-electron chi connectivity index (χ2n) is 4.13. The Bertz CT molecular complexity index is 468. The van der Waals surface area contributed by atoms with Crippen LogP contribution in [-0.2, 0) is 0 Å². The van der Waals surface area contributed by atoms with Crippen molar-refractivity contribution >= 4 is 11.3 Å². The number of nitrogens with zero attached hydrogens (tertiary/aromatic N) is 1. The van der Waals surface area contributed by atoms with E-state index in [2.05, 4.69) is 4.98 Å². The van der Waals surface area contributed by atoms with Crippen LogP contribution in [-0.4, -0.2) is 24.3 Å². The number of benzene rings is 1. The molecule has 1 heterocycles. The molecular formula is C14H17NO3S. The Morgan fingerprint density at radius 3 is 2.37 bits per heavy atom. The van der Waals surface area contributed by atoms with E-state index in [9.17, 15) is 0 Å². The first-order chi connectivity index (χ1) is 9.24. The third-order valence-corrected chi connectivity index (χ3v) is 2.87. The van der Waals surface area contributed by atoms with Crippen molar-refractivity contribution in [2.75, 3.05) is 13.2 Å². The van der Waals surface area contributed by atoms with Gasteiger partial charge in [-0.1, -0.05) is 11.3 Å². The molecule has 0 aliphatic carbocycles. The van der Waals surface area contributed by atoms with Crippen LogP contribution in [0.5, 0.6) is 16.7 Å². The van der Waals surface area contributed by atoms with Gasteiger partial charge in [0.05, 0.1) is 6.10 Å². The summed E-state index contributed by atoms with van der Waals surface area (Å²) in [6, 6.07) is 7.58. The van der Waals surface area contributed by atoms with Gasteiger partial charge in [0.2, 0.25) is 0 Å². The second kappa shape index (κ2) is 6.99. The van der Waals surface area contributed by atoms with Gasteiger partial charge in [-0.25, -0.2) is 4.98 Å². The molecular weight excluding hydrogens is 262 g/mol. The van der Waals surface area contributed by atoms with Gasteiger partial charge in [-0.2, -0.15) is 0 Å². The highest BCUT2D eigenvalue weighted by Crippen LogP contribution is 2.18. The van der Waals surface area contributed by atoms with Crippen molar-refractivity contribution < 1.29 is 14.2 Å². The van der Waals surface area contributed by atoms with Crippen LogP contribution in [0.4, 0.5) is 0 Å². The molecule has 0 amide bonds. The molecule has 0 saturated heterocycles. The fourth-order valence-corrected chi connectivity index (χ4v) is 1.97. The quantitative estimate of drug-likeness (QED) is 0.728. The highest BCUT2D eigenvalue weighted by atomic mass is 32.1. The van der Waals surface area contributed by atoms with Crippen molar-refractivity contribution in [3.8, 4) is 16.7 Å². The van der Waals surface area contributed by atoms with E-state index >= 15 is 0 Å². The third-order valence-electron chi connectivity index (χ3n) is 2.18. The van der Waals surface area contributed by atoms with E-state index in [1.54, 1.807) is 6.20 Å². The molecule has 1 aromatic carbocycles. The van der Waals surface area contributed by atoms with Crippen LogP contribution in [0, 0.1) is 0 Å². The van der Waals surface area contributed by atoms with E-state index in [1.807, 2.05) is 43.5 Å². The molecule has 0 aliphatic rings. The molecule has 0 aliphatic heterocycles. The zero-order valence-electron chi connectivity index (χ0n) is 11.0. The first kappa shape index (κ1) is 13.7. The van der Waals surface area contributed by atoms with Crippen molar-refractivity contribution in [1.29, 1.82) is 0 Å². The van der Waals surface area contributed by atoms with Crippen LogP contribution in [0.2, 0.25) is 0 Å². The summed E-state index contributed by atoms with van der Waals surface area (Å²) in [5.74, 6) is 1.65. The maximum Gasteiger partial charge on any atom is 0.273 e. The van der Waals surface area contributed by atoms with E-state index in [-0.39, 0.29) is 6.10 Å². The Labute approximate surface area is 117 Å². The van der Waals surface area contributed by atoms with Crippen molar-refractivity contribution in [2.45, 2.75) is 20.0 Å². The molecule has 0 atom stereocenters. The van der Waals surface area contributed by atoms with Gasteiger partial charge < -0.3 is 14.2 Å². The number of aromatic nitrogens is 1. The molecule has 0 fully saturated rings. The SMILES string of the molecule is CC(C)Oc1ccc(OCCOc2nccs2)cc1. The Kier molecular flexibility index (Phi) is 5.03. The lowest BCUT2D eigenvalue weighted by Gasteiger charge is -2.10. The molecule has 4 nitrogen and oxygen atoms in total. The molecule has 1 aromatic heterocycles. The predicted molar refractivity (Wildman–Crippen MR) is 75.3 cm³/mol. The Hall–Kier alpha value is -1.75. The van der Waals surface area contributed by atoms with Crippen molar-refractivity contribution in [3.63, 3.8) is 0 Å². The summed E-state index contributed by atoms with van der Waals surface area (Å²) in [6.45, 7) is 4.97. The second-order valence-corrected chi connectivity index (χ2v) is 4.99. The lowest BCUT2D eigenvalue weighted by atomic mass is 10.3. The van der Waals surface area contributed by atoms with Gasteiger partial charge in [0.25, 0.3) is 5.19 Å². The van der Waals surface area contributed by atoms with Crippen molar-refractivity contribution in [1.82, 2.24) is 4.98 Å². The van der Waals surface area contributed by atoms with Crippen LogP contribution >= 0.6 is 11.3 Å². The molecule has 0 spiro atoms. The average molecular weight is 279 g/mol. The first-order valence-corrected chi connectivity index (χ1v) is 7.04. The minimum absolute atomic E-state index is 0.179. The fraction of sp³-hybridized carbons (Fsp3) is 0.357. The van der Waals surface area contributed by atoms with Crippen LogP contribution in [0.25, 0.3) is 0 Å². The number of hydrogen-bond acceptors (Lipinski definition) is 5. The van der Waals surface area contributed by atoms with E-state index < -0.39 is 0 Å². The predicted octanol–water partition coefficient (Wildman–Crippen LogP) is 3.39. The molecule has 2 aromatic rings. The number of hydrogen-bond donors (Lipinski definition) is 0. The maximum atomic E-state index is 5.56. The van der Waals surface area contributed by atoms with Crippen molar-refractivity contribution in [3.05, 3.63) is 35.8 Å². The third kappa shape index (κ3) is 4.79. The van der Waals surface area contributed by atoms with Gasteiger partial charge in [-0.3, -0.25) is 0 Å². The average Bonchev–Trinajstić information content (AvgIpc) is 2.89. The van der Waals surface area contributed by atoms with Crippen LogP contribution in [0.1, 0.15) is 13.8 Å². The monoisotopic (exact) mass is 279 g/mol. The lowest BCUT2D eigenvalue weighted by Crippen LogP contribution is -2.09. The Balaban J connectivity index is 1.71. The van der Waals surface area contributed by atoms with Crippen molar-refractivity contribution in [2.24, 2.45) is 0 Å². The highest BCUT2D eigenvalue weighted by molar-refractivity contribution is 7.11. The molecule has 0 N–H and O–H groups in total. The zero-order valence-corrected chi connectivity index (χ0v) is 11.9. The fourth-order valence-electron chi connectivity index (χ4n) is 1.46. The van der Waals surface area contributed by atoms with Crippen LogP contribution in [0.15, 0.2) is 35.8 Å². The maximum absolute atomic E-state index is 5.56. The standard InChI is InChI=1S/C14H17NO3S/c1-11(2)18-13-5-3-12(4-6-13)16-8-9-17-14-15-7-10-19-14/h3-7,10-11H,8-9H2,1-2H3. The smallest absolute Gasteiger partial charge is 0.273 e. The molecule has 19 heavy (non-hydrogen) atoms. The summed E-state index contributed by atoms with van der Waals surface area (Å²) in [5.41, 5.74) is 0. The molecule has 102 valence electrons. The Morgan fingerprint density at radius 2 is 1.74 bits per heavy atom. The minimum atomic E-state index is 0.179. The Morgan fingerprint density at radius 1 is 1.05 bits per heavy atom. The molecule has 5 heteroatoms. The van der Waals surface area contributed by atoms with E-state index in [4.69, 9.17) is 14.2 Å². The van der Waals surface area contributed by atoms with E-state index in [0.717, 1.165) is 11.5 Å². The molecule has 0 saturated carbocycles. The summed E-state index contributed by atoms with van der Waals surface area (Å²) in [5, 5.41) is 2.55. The normalized spacial score (nSPS) is 10.5. The molecule has 2 rings (SSSR count). The number of thiazole rings is 1. The van der Waals surface area contributed by atoms with Gasteiger partial charge in [-0.05, 0) is 38.1 Å². The van der Waals surface area contributed by atoms with Gasteiger partial charge in [0, 0.05) is 11.6 Å². The van der Waals surface area contributed by atoms with Gasteiger partial charge in [0.1, 0.15) is 24.7 Å². The highest BCUT2D eigenvalue weighted by Gasteiger charge is 1.99. The van der Waals surface area contributed by atoms with Gasteiger partial charge in [0.15, 0.2) is 0 Å². The molecule has 0 unspecified atom stereocenters. The molecule has 0 radical (unpaired) electrons. The zero-order chi connectivity index (χ0) is 13.5. The lowest BCUT2D eigenvalue weighted by molar-refractivity contribution is 0.215. The number of rotatable bonds is 7. The summed E-state index contributed by atoms with van der Waals surface area (Å²) < 4.78 is 16.5. The number of ether oxygens (including phenoxy) is 3. The van der Waals surface area contributed by atoms with Crippen LogP contribution in [0.3, 0.4) is 0 Å². The largest absolute Gasteiger partial charge is 0.491 e. The molecule has 0 bridgehead atoms. The topological polar surface area (TPSA) is 40.6 Å². The summed E-state index contributed by atoms with van der Waals surface area (Å²) >= 11 is 1.47. The minimum Gasteiger partial charge on any atom is -0.491 e. The summed E-state index contributed by atoms with van der Waals surface area (Å²) in [6.07, 6.45) is 1.90. The van der Waals surface area contributed by atoms with Gasteiger partial charge >= 0.3 is 0 Å². The van der Waals surface area contributed by atoms with Crippen LogP contribution < -0.4 is 14.2 Å². The van der Waals surface area contributed by atoms with E-state index in [0.29, 0.717) is 18.4 Å². The van der Waals surface area contributed by atoms with E-state index in [1.165, 1.54) is 11.3 Å². The summed E-state index contributed by atoms with van der Waals surface area (Å²) in [4.78, 5) is 4.02. The summed E-state index contributed by atoms with van der Waals surface area (Å²) in [7, 11) is 0. The van der Waals surface area contributed by atoms with Gasteiger partial charge in [-0.15, -0.1) is 0 Å².